The highest BCUT2D eigenvalue weighted by molar-refractivity contribution is 8.15. The van der Waals surface area contributed by atoms with Crippen molar-refractivity contribution in [3.63, 3.8) is 0 Å². The quantitative estimate of drug-likeness (QED) is 0.692. The number of aryl methyl sites for hydroxylation is 1. The topological polar surface area (TPSA) is 53.8 Å². The molecule has 6 heteroatoms. The summed E-state index contributed by atoms with van der Waals surface area (Å²) in [5.41, 5.74) is 2.37. The Balaban J connectivity index is 1.63. The molecule has 1 N–H and O–H groups in total. The Morgan fingerprint density at radius 1 is 1.32 bits per heavy atom. The fourth-order valence-electron chi connectivity index (χ4n) is 2.14. The summed E-state index contributed by atoms with van der Waals surface area (Å²) in [5.74, 6) is -0.00317. The third-order valence-corrected chi connectivity index (χ3v) is 5.04. The van der Waals surface area contributed by atoms with E-state index in [4.69, 9.17) is 0 Å². The van der Waals surface area contributed by atoms with Crippen molar-refractivity contribution < 1.29 is 4.79 Å². The molecule has 1 amide bonds. The van der Waals surface area contributed by atoms with Gasteiger partial charge in [0.1, 0.15) is 0 Å². The molecule has 4 nitrogen and oxygen atoms in total. The molecule has 1 aromatic carbocycles. The van der Waals surface area contributed by atoms with Crippen LogP contribution in [0.15, 0.2) is 52.0 Å². The van der Waals surface area contributed by atoms with E-state index in [9.17, 15) is 4.79 Å². The van der Waals surface area contributed by atoms with Gasteiger partial charge in [-0.1, -0.05) is 47.7 Å². The largest absolute Gasteiger partial charge is 0.303 e. The van der Waals surface area contributed by atoms with E-state index >= 15 is 0 Å². The summed E-state index contributed by atoms with van der Waals surface area (Å²) >= 11 is 3.03. The normalized spacial score (nSPS) is 20.0. The van der Waals surface area contributed by atoms with Gasteiger partial charge in [-0.25, -0.2) is 0 Å². The minimum absolute atomic E-state index is 0.00317. The monoisotopic (exact) mass is 329 g/mol. The molecule has 0 bridgehead atoms. The molecule has 0 saturated carbocycles. The van der Waals surface area contributed by atoms with Crippen molar-refractivity contribution in [2.45, 2.75) is 18.6 Å². The molecule has 0 radical (unpaired) electrons. The van der Waals surface area contributed by atoms with Crippen molar-refractivity contribution in [2.75, 3.05) is 0 Å². The lowest BCUT2D eigenvalue weighted by Gasteiger charge is -2.05. The van der Waals surface area contributed by atoms with Crippen LogP contribution in [0, 0.1) is 6.92 Å². The minimum atomic E-state index is -0.141. The molecule has 0 aliphatic carbocycles. The second-order valence-corrected chi connectivity index (χ2v) is 7.12. The summed E-state index contributed by atoms with van der Waals surface area (Å²) < 4.78 is 0. The van der Waals surface area contributed by atoms with Crippen LogP contribution in [-0.4, -0.2) is 22.5 Å². The van der Waals surface area contributed by atoms with Gasteiger partial charge < -0.3 is 5.32 Å². The highest BCUT2D eigenvalue weighted by atomic mass is 32.2. The number of hydrogen-bond donors (Lipinski definition) is 1. The van der Waals surface area contributed by atoms with Crippen molar-refractivity contribution in [3.05, 3.63) is 57.8 Å². The standard InChI is InChI=1S/C16H15N3OS2/c1-11-4-2-5-12(8-11)9-14-15(20)18-16(22-14)19-17-10-13-6-3-7-21-13/h2-8,10,14H,9H2,1H3,(H,18,19,20)/b17-10-/t14-/m0/s1. The van der Waals surface area contributed by atoms with E-state index < -0.39 is 0 Å². The average molecular weight is 329 g/mol. The second kappa shape index (κ2) is 6.89. The molecule has 1 aliphatic rings. The van der Waals surface area contributed by atoms with Gasteiger partial charge >= 0.3 is 0 Å². The Kier molecular flexibility index (Phi) is 4.70. The molecule has 1 saturated heterocycles. The molecular formula is C16H15N3OS2. The Morgan fingerprint density at radius 2 is 2.23 bits per heavy atom. The summed E-state index contributed by atoms with van der Waals surface area (Å²) in [6, 6.07) is 12.2. The summed E-state index contributed by atoms with van der Waals surface area (Å²) in [4.78, 5) is 13.0. The van der Waals surface area contributed by atoms with Gasteiger partial charge in [0, 0.05) is 4.88 Å². The van der Waals surface area contributed by atoms with E-state index in [1.54, 1.807) is 17.6 Å². The maximum atomic E-state index is 12.0. The number of nitrogens with zero attached hydrogens (tertiary/aromatic N) is 2. The van der Waals surface area contributed by atoms with Crippen molar-refractivity contribution >= 4 is 40.4 Å². The predicted octanol–water partition coefficient (Wildman–Crippen LogP) is 3.22. The smallest absolute Gasteiger partial charge is 0.239 e. The second-order valence-electron chi connectivity index (χ2n) is 4.95. The SMILES string of the molecule is Cc1cccc(C[C@@H]2S/C(=N/N=C\c3cccs3)NC2=O)c1. The van der Waals surface area contributed by atoms with E-state index in [2.05, 4.69) is 34.6 Å². The maximum Gasteiger partial charge on any atom is 0.239 e. The van der Waals surface area contributed by atoms with Gasteiger partial charge in [0.05, 0.1) is 11.5 Å². The number of thioether (sulfide) groups is 1. The number of carbonyl (C=O) groups excluding carboxylic acids is 1. The third kappa shape index (κ3) is 3.84. The van der Waals surface area contributed by atoms with Crippen LogP contribution in [0.25, 0.3) is 0 Å². The molecule has 0 spiro atoms. The van der Waals surface area contributed by atoms with Crippen LogP contribution in [0.4, 0.5) is 0 Å². The van der Waals surface area contributed by atoms with E-state index in [0.29, 0.717) is 11.6 Å². The first-order valence-electron chi connectivity index (χ1n) is 6.88. The molecule has 1 aromatic heterocycles. The first kappa shape index (κ1) is 15.0. The first-order chi connectivity index (χ1) is 10.7. The van der Waals surface area contributed by atoms with Crippen LogP contribution in [0.3, 0.4) is 0 Å². The van der Waals surface area contributed by atoms with Crippen LogP contribution >= 0.6 is 23.1 Å². The van der Waals surface area contributed by atoms with Crippen LogP contribution in [0.5, 0.6) is 0 Å². The van der Waals surface area contributed by atoms with E-state index in [0.717, 1.165) is 10.4 Å². The molecule has 0 unspecified atom stereocenters. The van der Waals surface area contributed by atoms with Crippen molar-refractivity contribution in [3.8, 4) is 0 Å². The zero-order valence-corrected chi connectivity index (χ0v) is 13.7. The van der Waals surface area contributed by atoms with Crippen LogP contribution in [0.1, 0.15) is 16.0 Å². The van der Waals surface area contributed by atoms with Crippen LogP contribution in [-0.2, 0) is 11.2 Å². The third-order valence-electron chi connectivity index (χ3n) is 3.16. The van der Waals surface area contributed by atoms with Crippen LogP contribution < -0.4 is 5.32 Å². The summed E-state index contributed by atoms with van der Waals surface area (Å²) in [5, 5.41) is 13.3. The summed E-state index contributed by atoms with van der Waals surface area (Å²) in [6.07, 6.45) is 2.39. The van der Waals surface area contributed by atoms with Crippen molar-refractivity contribution in [2.24, 2.45) is 10.2 Å². The number of amidine groups is 1. The predicted molar refractivity (Wildman–Crippen MR) is 93.8 cm³/mol. The Morgan fingerprint density at radius 3 is 3.00 bits per heavy atom. The molecular weight excluding hydrogens is 314 g/mol. The zero-order chi connectivity index (χ0) is 15.4. The molecule has 1 atom stereocenters. The van der Waals surface area contributed by atoms with E-state index in [-0.39, 0.29) is 11.2 Å². The van der Waals surface area contributed by atoms with Gasteiger partial charge in [-0.15, -0.1) is 16.4 Å². The van der Waals surface area contributed by atoms with E-state index in [1.807, 2.05) is 29.6 Å². The van der Waals surface area contributed by atoms with Gasteiger partial charge in [0.25, 0.3) is 0 Å². The van der Waals surface area contributed by atoms with Gasteiger partial charge in [0.15, 0.2) is 5.17 Å². The van der Waals surface area contributed by atoms with E-state index in [1.165, 1.54) is 17.3 Å². The first-order valence-corrected chi connectivity index (χ1v) is 8.64. The lowest BCUT2D eigenvalue weighted by Crippen LogP contribution is -2.25. The van der Waals surface area contributed by atoms with Crippen LogP contribution in [0.2, 0.25) is 0 Å². The Hall–Kier alpha value is -1.92. The van der Waals surface area contributed by atoms with Crippen molar-refractivity contribution in [1.82, 2.24) is 5.32 Å². The zero-order valence-electron chi connectivity index (χ0n) is 12.0. The van der Waals surface area contributed by atoms with Crippen molar-refractivity contribution in [1.29, 1.82) is 0 Å². The molecule has 112 valence electrons. The highest BCUT2D eigenvalue weighted by Gasteiger charge is 2.30. The lowest BCUT2D eigenvalue weighted by atomic mass is 10.1. The molecule has 3 rings (SSSR count). The molecule has 2 heterocycles. The maximum absolute atomic E-state index is 12.0. The number of amides is 1. The van der Waals surface area contributed by atoms with Gasteiger partial charge in [0.2, 0.25) is 5.91 Å². The molecule has 1 aliphatic heterocycles. The lowest BCUT2D eigenvalue weighted by molar-refractivity contribution is -0.118. The number of hydrogen-bond acceptors (Lipinski definition) is 5. The number of thiophene rings is 1. The Bertz CT molecular complexity index is 723. The number of carbonyl (C=O) groups is 1. The highest BCUT2D eigenvalue weighted by Crippen LogP contribution is 2.23. The molecule has 22 heavy (non-hydrogen) atoms. The van der Waals surface area contributed by atoms with Gasteiger partial charge in [-0.05, 0) is 30.4 Å². The fraction of sp³-hybridized carbons (Fsp3) is 0.188. The molecule has 2 aromatic rings. The minimum Gasteiger partial charge on any atom is -0.303 e. The fourth-order valence-corrected chi connectivity index (χ4v) is 3.69. The molecule has 1 fully saturated rings. The van der Waals surface area contributed by atoms with Gasteiger partial charge in [-0.3, -0.25) is 4.79 Å². The number of rotatable bonds is 4. The summed E-state index contributed by atoms with van der Waals surface area (Å²) in [7, 11) is 0. The average Bonchev–Trinajstić information content (AvgIpc) is 3.10. The van der Waals surface area contributed by atoms with Gasteiger partial charge in [-0.2, -0.15) is 5.10 Å². The number of benzene rings is 1. The summed E-state index contributed by atoms with van der Waals surface area (Å²) in [6.45, 7) is 2.05. The number of nitrogens with one attached hydrogen (secondary N) is 1. The Labute approximate surface area is 137 Å².